The second-order valence-electron chi connectivity index (χ2n) is 4.61. The Morgan fingerprint density at radius 1 is 1.53 bits per heavy atom. The molecule has 0 aromatic rings. The predicted octanol–water partition coefficient (Wildman–Crippen LogP) is 3.16. The summed E-state index contributed by atoms with van der Waals surface area (Å²) in [5.74, 6) is 0. The van der Waals surface area contributed by atoms with Crippen LogP contribution >= 0.6 is 12.2 Å². The highest BCUT2D eigenvalue weighted by Crippen LogP contribution is 2.29. The molecule has 1 fully saturated rings. The normalized spacial score (nSPS) is 20.5. The molecule has 86 valence electrons. The molecule has 1 aliphatic heterocycles. The number of hydrogen-bond acceptors (Lipinski definition) is 3. The Morgan fingerprint density at radius 2 is 2.20 bits per heavy atom. The summed E-state index contributed by atoms with van der Waals surface area (Å²) in [5, 5.41) is 0.617. The summed E-state index contributed by atoms with van der Waals surface area (Å²) < 4.78 is 7.84. The van der Waals surface area contributed by atoms with Crippen molar-refractivity contribution in [2.75, 3.05) is 13.2 Å². The predicted molar refractivity (Wildman–Crippen MR) is 71.6 cm³/mol. The van der Waals surface area contributed by atoms with Gasteiger partial charge >= 0.3 is 0 Å². The van der Waals surface area contributed by atoms with E-state index < -0.39 is 8.24 Å². The lowest BCUT2D eigenvalue weighted by molar-refractivity contribution is 0.338. The largest absolute Gasteiger partial charge is 0.484 e. The van der Waals surface area contributed by atoms with Crippen molar-refractivity contribution in [1.82, 2.24) is 4.57 Å². The van der Waals surface area contributed by atoms with E-state index in [4.69, 9.17) is 17.0 Å². The van der Waals surface area contributed by atoms with Crippen molar-refractivity contribution in [2.24, 2.45) is 0 Å². The third-order valence-electron chi connectivity index (χ3n) is 2.94. The Balaban J connectivity index is 2.67. The molecule has 0 amide bonds. The molecule has 15 heavy (non-hydrogen) atoms. The highest BCUT2D eigenvalue weighted by molar-refractivity contribution is 7.80. The summed E-state index contributed by atoms with van der Waals surface area (Å²) >= 11 is 5.13. The molecule has 0 aromatic heterocycles. The molecular weight excluding hydrogens is 222 g/mol. The Kier molecular flexibility index (Phi) is 4.34. The quantitative estimate of drug-likeness (QED) is 0.429. The van der Waals surface area contributed by atoms with Gasteiger partial charge in [0.25, 0.3) is 0 Å². The van der Waals surface area contributed by atoms with Gasteiger partial charge in [0.2, 0.25) is 0 Å². The summed E-state index contributed by atoms with van der Waals surface area (Å²) in [6.45, 7) is 10.8. The van der Waals surface area contributed by atoms with Crippen LogP contribution in [0.15, 0.2) is 11.8 Å². The van der Waals surface area contributed by atoms with E-state index in [2.05, 4.69) is 24.6 Å². The van der Waals surface area contributed by atoms with Gasteiger partial charge in [-0.05, 0) is 38.5 Å². The summed E-state index contributed by atoms with van der Waals surface area (Å²) in [6.07, 6.45) is 3.32. The second-order valence-corrected chi connectivity index (χ2v) is 9.67. The first kappa shape index (κ1) is 12.7. The molecule has 0 atom stereocenters. The zero-order valence-corrected chi connectivity index (χ0v) is 12.0. The van der Waals surface area contributed by atoms with Gasteiger partial charge in [0, 0.05) is 18.3 Å². The van der Waals surface area contributed by atoms with Crippen molar-refractivity contribution >= 4 is 25.5 Å². The summed E-state index contributed by atoms with van der Waals surface area (Å²) in [6, 6.07) is 1.39. The van der Waals surface area contributed by atoms with Gasteiger partial charge in [-0.2, -0.15) is 0 Å². The minimum absolute atomic E-state index is 0.617. The van der Waals surface area contributed by atoms with Crippen molar-refractivity contribution in [1.29, 1.82) is 0 Å². The van der Waals surface area contributed by atoms with Gasteiger partial charge in [0.05, 0.1) is 6.61 Å². The highest BCUT2D eigenvalue weighted by atomic mass is 32.1. The number of allylic oxidation sites excluding steroid dienone is 1. The minimum atomic E-state index is -1.17. The molecule has 0 aliphatic carbocycles. The first-order valence-electron chi connectivity index (χ1n) is 5.60. The minimum Gasteiger partial charge on any atom is -0.484 e. The molecule has 1 aliphatic rings. The maximum Gasteiger partial charge on any atom is 0.185 e. The molecular formula is C11H21NOSSi. The van der Waals surface area contributed by atoms with Gasteiger partial charge < -0.3 is 9.30 Å². The van der Waals surface area contributed by atoms with Crippen molar-refractivity contribution in [3.05, 3.63) is 11.8 Å². The van der Waals surface area contributed by atoms with Crippen molar-refractivity contribution < 1.29 is 4.74 Å². The molecule has 0 radical (unpaired) electrons. The monoisotopic (exact) mass is 243 g/mol. The lowest BCUT2D eigenvalue weighted by Gasteiger charge is -2.32. The van der Waals surface area contributed by atoms with Crippen LogP contribution in [0.25, 0.3) is 0 Å². The second kappa shape index (κ2) is 5.12. The Labute approximate surface area is 99.4 Å². The van der Waals surface area contributed by atoms with E-state index in [1.165, 1.54) is 24.7 Å². The van der Waals surface area contributed by atoms with Gasteiger partial charge in [-0.3, -0.25) is 0 Å². The first-order valence-corrected chi connectivity index (χ1v) is 9.16. The number of thiocarbonyl (C=S) groups is 1. The summed E-state index contributed by atoms with van der Waals surface area (Å²) in [7, 11) is -1.17. The van der Waals surface area contributed by atoms with Crippen LogP contribution in [0, 0.1) is 0 Å². The van der Waals surface area contributed by atoms with Crippen LogP contribution < -0.4 is 0 Å². The summed E-state index contributed by atoms with van der Waals surface area (Å²) in [5.41, 5.74) is 1.28. The van der Waals surface area contributed by atoms with Gasteiger partial charge in [0.1, 0.15) is 8.24 Å². The van der Waals surface area contributed by atoms with Crippen LogP contribution in [0.4, 0.5) is 0 Å². The smallest absolute Gasteiger partial charge is 0.185 e. The van der Waals surface area contributed by atoms with E-state index in [1.807, 2.05) is 13.0 Å². The third-order valence-corrected chi connectivity index (χ3v) is 6.79. The van der Waals surface area contributed by atoms with Gasteiger partial charge in [-0.25, -0.2) is 0 Å². The van der Waals surface area contributed by atoms with Crippen molar-refractivity contribution in [3.63, 3.8) is 0 Å². The number of nitrogens with zero attached hydrogens (tertiary/aromatic N) is 1. The molecule has 1 heterocycles. The number of ether oxygens (including phenoxy) is 1. The number of rotatable bonds is 3. The van der Waals surface area contributed by atoms with E-state index in [1.54, 1.807) is 0 Å². The van der Waals surface area contributed by atoms with Crippen LogP contribution in [-0.4, -0.2) is 31.0 Å². The average molecular weight is 243 g/mol. The van der Waals surface area contributed by atoms with E-state index in [9.17, 15) is 0 Å². The zero-order valence-electron chi connectivity index (χ0n) is 10.2. The molecule has 1 saturated heterocycles. The van der Waals surface area contributed by atoms with Gasteiger partial charge in [0.15, 0.2) is 5.05 Å². The Hall–Kier alpha value is -0.353. The molecule has 0 saturated carbocycles. The van der Waals surface area contributed by atoms with Crippen molar-refractivity contribution in [3.8, 4) is 0 Å². The van der Waals surface area contributed by atoms with Crippen LogP contribution in [0.5, 0.6) is 0 Å². The Morgan fingerprint density at radius 3 is 2.67 bits per heavy atom. The molecule has 0 N–H and O–H groups in total. The fourth-order valence-electron chi connectivity index (χ4n) is 2.19. The molecule has 0 spiro atoms. The standard InChI is InChI=1S/C11H21NOSSi/c1-5-13-11(14)9-10(2)12-7-6-8-15(12,3)4/h9H,5-8H2,1-4H3/b10-9-. The maximum atomic E-state index is 5.28. The summed E-state index contributed by atoms with van der Waals surface area (Å²) in [4.78, 5) is 0. The van der Waals surface area contributed by atoms with Crippen LogP contribution in [0.2, 0.25) is 19.1 Å². The van der Waals surface area contributed by atoms with Crippen LogP contribution in [0.3, 0.4) is 0 Å². The van der Waals surface area contributed by atoms with Gasteiger partial charge in [-0.1, -0.05) is 13.1 Å². The van der Waals surface area contributed by atoms with Crippen LogP contribution in [-0.2, 0) is 4.74 Å². The SMILES string of the molecule is CCOC(=S)/C=C(/C)N1CCC[Si]1(C)C. The molecule has 0 bridgehead atoms. The third kappa shape index (κ3) is 3.31. The fraction of sp³-hybridized carbons (Fsp3) is 0.727. The van der Waals surface area contributed by atoms with Crippen LogP contribution in [0.1, 0.15) is 20.3 Å². The fourth-order valence-corrected chi connectivity index (χ4v) is 5.56. The molecule has 4 heteroatoms. The first-order chi connectivity index (χ1) is 6.97. The van der Waals surface area contributed by atoms with Gasteiger partial charge in [-0.15, -0.1) is 0 Å². The Bertz CT molecular complexity index is 276. The lowest BCUT2D eigenvalue weighted by Crippen LogP contribution is -2.41. The molecule has 2 nitrogen and oxygen atoms in total. The average Bonchev–Trinajstić information content (AvgIpc) is 2.45. The molecule has 0 unspecified atom stereocenters. The van der Waals surface area contributed by atoms with E-state index in [0.29, 0.717) is 11.7 Å². The van der Waals surface area contributed by atoms with E-state index in [0.717, 1.165) is 0 Å². The number of hydrogen-bond donors (Lipinski definition) is 0. The van der Waals surface area contributed by atoms with E-state index >= 15 is 0 Å². The maximum absolute atomic E-state index is 5.28. The topological polar surface area (TPSA) is 12.5 Å². The molecule has 0 aromatic carbocycles. The zero-order chi connectivity index (χ0) is 11.5. The van der Waals surface area contributed by atoms with Crippen molar-refractivity contribution in [2.45, 2.75) is 39.4 Å². The van der Waals surface area contributed by atoms with E-state index in [-0.39, 0.29) is 0 Å². The highest BCUT2D eigenvalue weighted by Gasteiger charge is 2.34. The molecule has 1 rings (SSSR count). The lowest BCUT2D eigenvalue weighted by atomic mass is 10.4.